The van der Waals surface area contributed by atoms with E-state index in [1.807, 2.05) is 12.3 Å². The average Bonchev–Trinajstić information content (AvgIpc) is 2.95. The van der Waals surface area contributed by atoms with Gasteiger partial charge in [-0.25, -0.2) is 4.98 Å². The van der Waals surface area contributed by atoms with Gasteiger partial charge in [0.2, 0.25) is 0 Å². The fourth-order valence-electron chi connectivity index (χ4n) is 2.37. The summed E-state index contributed by atoms with van der Waals surface area (Å²) >= 11 is 0. The number of oxazole rings is 1. The molecule has 1 aromatic heterocycles. The van der Waals surface area contributed by atoms with Gasteiger partial charge in [0.15, 0.2) is 11.7 Å². The third-order valence-electron chi connectivity index (χ3n) is 3.51. The highest BCUT2D eigenvalue weighted by Crippen LogP contribution is 2.25. The Bertz CT molecular complexity index is 546. The highest BCUT2D eigenvalue weighted by atomic mass is 16.4. The third-order valence-corrected chi connectivity index (χ3v) is 3.51. The molecule has 0 saturated carbocycles. The summed E-state index contributed by atoms with van der Waals surface area (Å²) in [4.78, 5) is 4.41. The Morgan fingerprint density at radius 2 is 2.05 bits per heavy atom. The Labute approximate surface area is 127 Å². The van der Waals surface area contributed by atoms with E-state index in [1.54, 1.807) is 0 Å². The van der Waals surface area contributed by atoms with Gasteiger partial charge in [0, 0.05) is 12.0 Å². The van der Waals surface area contributed by atoms with E-state index in [-0.39, 0.29) is 0 Å². The second-order valence-electron chi connectivity index (χ2n) is 5.83. The molecular weight excluding hydrogens is 260 g/mol. The molecule has 1 N–H and O–H groups in total. The second kappa shape index (κ2) is 7.99. The SMILES string of the molecule is CCc1ccccc1-c1cnc(CCCNCC(C)C)o1. The lowest BCUT2D eigenvalue weighted by atomic mass is 10.0. The Kier molecular flexibility index (Phi) is 6.00. The highest BCUT2D eigenvalue weighted by Gasteiger charge is 2.09. The van der Waals surface area contributed by atoms with Crippen LogP contribution in [0.15, 0.2) is 34.9 Å². The number of aromatic nitrogens is 1. The molecule has 0 amide bonds. The predicted octanol–water partition coefficient (Wildman–Crippen LogP) is 4.08. The standard InChI is InChI=1S/C18H26N2O/c1-4-15-8-5-6-9-16(15)17-13-20-18(21-17)10-7-11-19-12-14(2)3/h5-6,8-9,13-14,19H,4,7,10-12H2,1-3H3. The van der Waals surface area contributed by atoms with Gasteiger partial charge in [-0.3, -0.25) is 0 Å². The van der Waals surface area contributed by atoms with Gasteiger partial charge in [0.1, 0.15) is 0 Å². The first kappa shape index (κ1) is 15.8. The quantitative estimate of drug-likeness (QED) is 0.743. The molecule has 0 radical (unpaired) electrons. The molecule has 2 aromatic rings. The maximum Gasteiger partial charge on any atom is 0.194 e. The van der Waals surface area contributed by atoms with Crippen LogP contribution < -0.4 is 5.32 Å². The van der Waals surface area contributed by atoms with E-state index in [9.17, 15) is 0 Å². The van der Waals surface area contributed by atoms with Crippen molar-refractivity contribution in [2.24, 2.45) is 5.92 Å². The van der Waals surface area contributed by atoms with Crippen LogP contribution in [0.1, 0.15) is 38.6 Å². The molecule has 3 nitrogen and oxygen atoms in total. The van der Waals surface area contributed by atoms with Crippen molar-refractivity contribution in [1.82, 2.24) is 10.3 Å². The van der Waals surface area contributed by atoms with Gasteiger partial charge in [-0.05, 0) is 37.4 Å². The van der Waals surface area contributed by atoms with Crippen LogP contribution in [0.2, 0.25) is 0 Å². The maximum absolute atomic E-state index is 5.90. The summed E-state index contributed by atoms with van der Waals surface area (Å²) < 4.78 is 5.90. The molecule has 2 rings (SSSR count). The molecule has 3 heteroatoms. The zero-order valence-electron chi connectivity index (χ0n) is 13.4. The minimum Gasteiger partial charge on any atom is -0.441 e. The van der Waals surface area contributed by atoms with E-state index in [1.165, 1.54) is 5.56 Å². The third kappa shape index (κ3) is 4.71. The first-order valence-electron chi connectivity index (χ1n) is 7.94. The van der Waals surface area contributed by atoms with Crippen molar-refractivity contribution in [3.8, 4) is 11.3 Å². The van der Waals surface area contributed by atoms with Crippen molar-refractivity contribution in [2.45, 2.75) is 40.0 Å². The molecule has 21 heavy (non-hydrogen) atoms. The number of nitrogens with one attached hydrogen (secondary N) is 1. The molecule has 0 spiro atoms. The van der Waals surface area contributed by atoms with Crippen LogP contribution in [0.3, 0.4) is 0 Å². The van der Waals surface area contributed by atoms with Crippen LogP contribution in [0.5, 0.6) is 0 Å². The van der Waals surface area contributed by atoms with Gasteiger partial charge in [-0.2, -0.15) is 0 Å². The zero-order valence-corrected chi connectivity index (χ0v) is 13.4. The lowest BCUT2D eigenvalue weighted by Gasteiger charge is -2.06. The average molecular weight is 286 g/mol. The van der Waals surface area contributed by atoms with Crippen molar-refractivity contribution in [3.05, 3.63) is 41.9 Å². The van der Waals surface area contributed by atoms with Crippen LogP contribution >= 0.6 is 0 Å². The van der Waals surface area contributed by atoms with E-state index in [0.717, 1.165) is 49.6 Å². The van der Waals surface area contributed by atoms with E-state index in [2.05, 4.69) is 49.3 Å². The Morgan fingerprint density at radius 1 is 1.24 bits per heavy atom. The van der Waals surface area contributed by atoms with Crippen molar-refractivity contribution < 1.29 is 4.42 Å². The van der Waals surface area contributed by atoms with E-state index < -0.39 is 0 Å². The molecule has 114 valence electrons. The minimum atomic E-state index is 0.698. The molecule has 1 heterocycles. The van der Waals surface area contributed by atoms with Crippen molar-refractivity contribution >= 4 is 0 Å². The topological polar surface area (TPSA) is 38.1 Å². The largest absolute Gasteiger partial charge is 0.441 e. The summed E-state index contributed by atoms with van der Waals surface area (Å²) in [6.45, 7) is 8.69. The molecule has 0 aliphatic rings. The van der Waals surface area contributed by atoms with Crippen molar-refractivity contribution in [3.63, 3.8) is 0 Å². The smallest absolute Gasteiger partial charge is 0.194 e. The molecule has 0 saturated heterocycles. The molecule has 0 aliphatic heterocycles. The van der Waals surface area contributed by atoms with Crippen LogP contribution in [0.25, 0.3) is 11.3 Å². The van der Waals surface area contributed by atoms with Gasteiger partial charge in [-0.15, -0.1) is 0 Å². The number of hydrogen-bond acceptors (Lipinski definition) is 3. The van der Waals surface area contributed by atoms with Crippen molar-refractivity contribution in [2.75, 3.05) is 13.1 Å². The van der Waals surface area contributed by atoms with E-state index in [4.69, 9.17) is 4.42 Å². The summed E-state index contributed by atoms with van der Waals surface area (Å²) in [6.07, 6.45) is 4.80. The monoisotopic (exact) mass is 286 g/mol. The van der Waals surface area contributed by atoms with Gasteiger partial charge in [-0.1, -0.05) is 45.0 Å². The summed E-state index contributed by atoms with van der Waals surface area (Å²) in [5.41, 5.74) is 2.47. The Hall–Kier alpha value is -1.61. The molecule has 0 fully saturated rings. The number of nitrogens with zero attached hydrogens (tertiary/aromatic N) is 1. The van der Waals surface area contributed by atoms with Crippen LogP contribution in [-0.4, -0.2) is 18.1 Å². The fourth-order valence-corrected chi connectivity index (χ4v) is 2.37. The lowest BCUT2D eigenvalue weighted by molar-refractivity contribution is 0.483. The van der Waals surface area contributed by atoms with E-state index in [0.29, 0.717) is 5.92 Å². The molecule has 0 bridgehead atoms. The number of hydrogen-bond donors (Lipinski definition) is 1. The van der Waals surface area contributed by atoms with Gasteiger partial charge in [0.25, 0.3) is 0 Å². The molecule has 0 unspecified atom stereocenters. The normalized spacial score (nSPS) is 11.2. The lowest BCUT2D eigenvalue weighted by Crippen LogP contribution is -2.21. The first-order valence-corrected chi connectivity index (χ1v) is 7.94. The first-order chi connectivity index (χ1) is 10.2. The predicted molar refractivity (Wildman–Crippen MR) is 87.3 cm³/mol. The number of rotatable bonds is 8. The zero-order chi connectivity index (χ0) is 15.1. The molecule has 0 aliphatic carbocycles. The molecule has 1 aromatic carbocycles. The van der Waals surface area contributed by atoms with Gasteiger partial charge < -0.3 is 9.73 Å². The van der Waals surface area contributed by atoms with Crippen LogP contribution in [-0.2, 0) is 12.8 Å². The second-order valence-corrected chi connectivity index (χ2v) is 5.83. The number of aryl methyl sites for hydroxylation is 2. The number of benzene rings is 1. The summed E-state index contributed by atoms with van der Waals surface area (Å²) in [6, 6.07) is 8.37. The Balaban J connectivity index is 1.89. The fraction of sp³-hybridized carbons (Fsp3) is 0.500. The Morgan fingerprint density at radius 3 is 2.81 bits per heavy atom. The highest BCUT2D eigenvalue weighted by molar-refractivity contribution is 5.61. The van der Waals surface area contributed by atoms with Crippen LogP contribution in [0.4, 0.5) is 0 Å². The maximum atomic E-state index is 5.90. The van der Waals surface area contributed by atoms with Gasteiger partial charge >= 0.3 is 0 Å². The van der Waals surface area contributed by atoms with Crippen molar-refractivity contribution in [1.29, 1.82) is 0 Å². The summed E-state index contributed by atoms with van der Waals surface area (Å²) in [5, 5.41) is 3.44. The summed E-state index contributed by atoms with van der Waals surface area (Å²) in [5.74, 6) is 2.42. The molecule has 0 atom stereocenters. The van der Waals surface area contributed by atoms with Gasteiger partial charge in [0.05, 0.1) is 6.20 Å². The molecular formula is C18H26N2O. The van der Waals surface area contributed by atoms with E-state index >= 15 is 0 Å². The minimum absolute atomic E-state index is 0.698. The van der Waals surface area contributed by atoms with Crippen LogP contribution in [0, 0.1) is 5.92 Å². The summed E-state index contributed by atoms with van der Waals surface area (Å²) in [7, 11) is 0.